The first-order valence-electron chi connectivity index (χ1n) is 11.9. The molecule has 4 rings (SSSR count). The SMILES string of the molecule is COc1ccc2c(c1)CCC(C#Cc1ccc(N3CCN(N(C(C)CC(=O)O)S(=O)[O-])CC3)cc1)=C2. The Balaban J connectivity index is 1.36. The van der Waals surface area contributed by atoms with Gasteiger partial charge in [-0.1, -0.05) is 17.9 Å². The van der Waals surface area contributed by atoms with Crippen molar-refractivity contribution >= 4 is 29.0 Å². The monoisotopic (exact) mass is 508 g/mol. The van der Waals surface area contributed by atoms with Crippen molar-refractivity contribution in [3.8, 4) is 17.6 Å². The molecule has 1 heterocycles. The summed E-state index contributed by atoms with van der Waals surface area (Å²) in [5.41, 5.74) is 5.58. The number of ether oxygens (including phenoxy) is 1. The summed E-state index contributed by atoms with van der Waals surface area (Å²) >= 11 is -2.52. The second-order valence-electron chi connectivity index (χ2n) is 8.94. The molecule has 0 aromatic heterocycles. The van der Waals surface area contributed by atoms with Crippen molar-refractivity contribution in [1.29, 1.82) is 0 Å². The molecule has 1 fully saturated rings. The first-order valence-corrected chi connectivity index (χ1v) is 13.0. The van der Waals surface area contributed by atoms with Crippen molar-refractivity contribution in [3.05, 3.63) is 64.7 Å². The standard InChI is InChI=1S/C27H31N3O5S/c1-20(17-27(31)32)30(36(33)34)29-15-13-28(14-16-29)25-10-6-21(7-11-25)3-4-22-5-8-24-19-26(35-2)12-9-23(24)18-22/h6-7,9-12,18-20H,5,8,13-17H2,1-2H3,(H,31,32)(H,33,34)/p-1. The molecule has 2 unspecified atom stereocenters. The Morgan fingerprint density at radius 2 is 1.86 bits per heavy atom. The highest BCUT2D eigenvalue weighted by atomic mass is 32.2. The van der Waals surface area contributed by atoms with Crippen molar-refractivity contribution in [3.63, 3.8) is 0 Å². The Labute approximate surface area is 214 Å². The topological polar surface area (TPSA) is 96.4 Å². The van der Waals surface area contributed by atoms with E-state index in [-0.39, 0.29) is 6.42 Å². The number of allylic oxidation sites excluding steroid dienone is 1. The molecule has 1 N–H and O–H groups in total. The van der Waals surface area contributed by atoms with Crippen molar-refractivity contribution < 1.29 is 23.4 Å². The third-order valence-electron chi connectivity index (χ3n) is 6.48. The average molecular weight is 509 g/mol. The number of aryl methyl sites for hydroxylation is 1. The smallest absolute Gasteiger partial charge is 0.305 e. The van der Waals surface area contributed by atoms with Crippen LogP contribution in [0.2, 0.25) is 0 Å². The number of hydrazine groups is 1. The number of hydrogen-bond donors (Lipinski definition) is 1. The predicted molar refractivity (Wildman–Crippen MR) is 139 cm³/mol. The van der Waals surface area contributed by atoms with Crippen molar-refractivity contribution in [2.45, 2.75) is 32.2 Å². The van der Waals surface area contributed by atoms with E-state index in [1.165, 1.54) is 11.1 Å². The minimum absolute atomic E-state index is 0.241. The molecule has 36 heavy (non-hydrogen) atoms. The van der Waals surface area contributed by atoms with Gasteiger partial charge in [0.05, 0.1) is 13.5 Å². The van der Waals surface area contributed by atoms with Gasteiger partial charge in [0.1, 0.15) is 5.75 Å². The van der Waals surface area contributed by atoms with E-state index in [0.717, 1.165) is 39.8 Å². The van der Waals surface area contributed by atoms with Gasteiger partial charge in [-0.3, -0.25) is 9.00 Å². The normalized spacial score (nSPS) is 17.4. The van der Waals surface area contributed by atoms with Gasteiger partial charge >= 0.3 is 5.97 Å². The quantitative estimate of drug-likeness (QED) is 0.454. The van der Waals surface area contributed by atoms with E-state index >= 15 is 0 Å². The maximum Gasteiger partial charge on any atom is 0.305 e. The second-order valence-corrected chi connectivity index (χ2v) is 9.75. The number of nitrogens with zero attached hydrogens (tertiary/aromatic N) is 3. The zero-order chi connectivity index (χ0) is 25.7. The van der Waals surface area contributed by atoms with E-state index in [4.69, 9.17) is 9.84 Å². The Hall–Kier alpha value is -3.16. The third-order valence-corrected chi connectivity index (χ3v) is 7.37. The fourth-order valence-corrected chi connectivity index (χ4v) is 5.32. The van der Waals surface area contributed by atoms with Crippen LogP contribution in [0.5, 0.6) is 5.75 Å². The van der Waals surface area contributed by atoms with Crippen LogP contribution >= 0.6 is 0 Å². The van der Waals surface area contributed by atoms with Gasteiger partial charge in [0, 0.05) is 60.3 Å². The van der Waals surface area contributed by atoms with Crippen LogP contribution in [0.15, 0.2) is 48.0 Å². The predicted octanol–water partition coefficient (Wildman–Crippen LogP) is 3.07. The number of carbonyl (C=O) groups is 1. The van der Waals surface area contributed by atoms with E-state index in [9.17, 15) is 13.6 Å². The Kier molecular flexibility index (Phi) is 8.44. The van der Waals surface area contributed by atoms with Gasteiger partial charge in [0.15, 0.2) is 0 Å². The second kappa shape index (κ2) is 11.7. The molecule has 2 aromatic rings. The Morgan fingerprint density at radius 3 is 2.50 bits per heavy atom. The molecule has 1 saturated heterocycles. The molecule has 0 spiro atoms. The molecule has 1 aliphatic carbocycles. The summed E-state index contributed by atoms with van der Waals surface area (Å²) in [6.45, 7) is 3.85. The Bertz CT molecular complexity index is 1210. The van der Waals surface area contributed by atoms with Crippen molar-refractivity contribution in [1.82, 2.24) is 9.42 Å². The van der Waals surface area contributed by atoms with Crippen LogP contribution in [0.4, 0.5) is 5.69 Å². The van der Waals surface area contributed by atoms with Crippen LogP contribution in [-0.4, -0.2) is 68.6 Å². The summed E-state index contributed by atoms with van der Waals surface area (Å²) < 4.78 is 29.9. The van der Waals surface area contributed by atoms with Crippen molar-refractivity contribution in [2.24, 2.45) is 0 Å². The number of rotatable bonds is 7. The molecule has 2 aromatic carbocycles. The van der Waals surface area contributed by atoms with E-state index < -0.39 is 23.3 Å². The van der Waals surface area contributed by atoms with Crippen LogP contribution in [0, 0.1) is 11.8 Å². The fourth-order valence-electron chi connectivity index (χ4n) is 4.60. The number of fused-ring (bicyclic) bond motifs is 1. The third kappa shape index (κ3) is 6.33. The molecule has 0 bridgehead atoms. The number of piperazine rings is 1. The number of carboxylic acids is 1. The number of benzene rings is 2. The van der Waals surface area contributed by atoms with E-state index in [2.05, 4.69) is 34.9 Å². The lowest BCUT2D eigenvalue weighted by atomic mass is 9.92. The molecule has 8 nitrogen and oxygen atoms in total. The number of anilines is 1. The van der Waals surface area contributed by atoms with E-state index in [1.54, 1.807) is 19.0 Å². The molecule has 0 amide bonds. The number of methoxy groups -OCH3 is 1. The lowest BCUT2D eigenvalue weighted by Gasteiger charge is -2.44. The van der Waals surface area contributed by atoms with Gasteiger partial charge < -0.3 is 19.3 Å². The highest BCUT2D eigenvalue weighted by Crippen LogP contribution is 2.27. The van der Waals surface area contributed by atoms with Gasteiger partial charge in [0.2, 0.25) is 0 Å². The van der Waals surface area contributed by atoms with Crippen LogP contribution in [0.1, 0.15) is 36.5 Å². The largest absolute Gasteiger partial charge is 0.759 e. The minimum Gasteiger partial charge on any atom is -0.759 e. The number of hydrogen-bond acceptors (Lipinski definition) is 6. The maximum atomic E-state index is 11.7. The molecule has 0 radical (unpaired) electrons. The zero-order valence-electron chi connectivity index (χ0n) is 20.5. The Morgan fingerprint density at radius 1 is 1.14 bits per heavy atom. The van der Waals surface area contributed by atoms with Crippen LogP contribution in [-0.2, 0) is 22.5 Å². The lowest BCUT2D eigenvalue weighted by molar-refractivity contribution is -0.139. The average Bonchev–Trinajstić information content (AvgIpc) is 2.87. The summed E-state index contributed by atoms with van der Waals surface area (Å²) in [7, 11) is 1.68. The molecule has 2 aliphatic rings. The summed E-state index contributed by atoms with van der Waals surface area (Å²) in [6.07, 6.45) is 3.76. The summed E-state index contributed by atoms with van der Waals surface area (Å²) in [4.78, 5) is 13.2. The van der Waals surface area contributed by atoms with Gasteiger partial charge in [-0.25, -0.2) is 5.01 Å². The fraction of sp³-hybridized carbons (Fsp3) is 0.370. The molecule has 2 atom stereocenters. The summed E-state index contributed by atoms with van der Waals surface area (Å²) in [5.74, 6) is 6.44. The van der Waals surface area contributed by atoms with Crippen LogP contribution < -0.4 is 9.64 Å². The summed E-state index contributed by atoms with van der Waals surface area (Å²) in [5, 5.41) is 10.7. The molecule has 0 saturated carbocycles. The molecule has 1 aliphatic heterocycles. The highest BCUT2D eigenvalue weighted by Gasteiger charge is 2.28. The molecule has 9 heteroatoms. The van der Waals surface area contributed by atoms with Gasteiger partial charge in [-0.15, -0.1) is 0 Å². The minimum atomic E-state index is -2.52. The van der Waals surface area contributed by atoms with E-state index in [1.807, 2.05) is 30.3 Å². The maximum absolute atomic E-state index is 11.7. The number of aliphatic carboxylic acids is 1. The van der Waals surface area contributed by atoms with Gasteiger partial charge in [-0.2, -0.15) is 4.41 Å². The summed E-state index contributed by atoms with van der Waals surface area (Å²) in [6, 6.07) is 13.6. The van der Waals surface area contributed by atoms with Gasteiger partial charge in [-0.05, 0) is 73.4 Å². The van der Waals surface area contributed by atoms with Crippen LogP contribution in [0.3, 0.4) is 0 Å². The highest BCUT2D eigenvalue weighted by molar-refractivity contribution is 7.76. The van der Waals surface area contributed by atoms with Gasteiger partial charge in [0.25, 0.3) is 0 Å². The first-order chi connectivity index (χ1) is 17.3. The molecule has 190 valence electrons. The molecular formula is C27H30N3O5S-. The zero-order valence-corrected chi connectivity index (χ0v) is 21.3. The lowest BCUT2D eigenvalue weighted by Crippen LogP contribution is -2.57. The van der Waals surface area contributed by atoms with Crippen LogP contribution in [0.25, 0.3) is 6.08 Å². The number of carboxylic acid groups (broad SMARTS) is 1. The van der Waals surface area contributed by atoms with Crippen molar-refractivity contribution in [2.75, 3.05) is 38.2 Å². The van der Waals surface area contributed by atoms with E-state index in [0.29, 0.717) is 26.2 Å². The first kappa shape index (κ1) is 25.9. The molecular weight excluding hydrogens is 478 g/mol.